The molecule has 17 heavy (non-hydrogen) atoms. The molecule has 1 aromatic carbocycles. The summed E-state index contributed by atoms with van der Waals surface area (Å²) in [5, 5.41) is 10.4. The van der Waals surface area contributed by atoms with E-state index in [0.29, 0.717) is 6.42 Å². The fourth-order valence-corrected chi connectivity index (χ4v) is 2.46. The molecule has 90 valence electrons. The average Bonchev–Trinajstić information content (AvgIpc) is 2.55. The lowest BCUT2D eigenvalue weighted by Crippen LogP contribution is -1.96. The van der Waals surface area contributed by atoms with Crippen LogP contribution in [0.3, 0.4) is 0 Å². The zero-order valence-electron chi connectivity index (χ0n) is 9.61. The summed E-state index contributed by atoms with van der Waals surface area (Å²) in [4.78, 5) is 10.5. The molecule has 3 nitrogen and oxygen atoms in total. The Morgan fingerprint density at radius 2 is 2.24 bits per heavy atom. The van der Waals surface area contributed by atoms with Gasteiger partial charge in [0.05, 0.1) is 5.02 Å². The second-order valence-electron chi connectivity index (χ2n) is 4.15. The van der Waals surface area contributed by atoms with Crippen LogP contribution in [0.4, 0.5) is 0 Å². The smallest absolute Gasteiger partial charge is 0.303 e. The molecule has 0 aliphatic carbocycles. The van der Waals surface area contributed by atoms with E-state index >= 15 is 0 Å². The SMILES string of the molecule is Cn1cc(Cl)c2c(CCCC(=O)O)cccc21. The van der Waals surface area contributed by atoms with Crippen molar-refractivity contribution in [2.24, 2.45) is 7.05 Å². The number of hydrogen-bond donors (Lipinski definition) is 1. The van der Waals surface area contributed by atoms with Gasteiger partial charge in [0.1, 0.15) is 0 Å². The third-order valence-corrected chi connectivity index (χ3v) is 3.18. The number of aliphatic carboxylic acids is 1. The number of carbonyl (C=O) groups is 1. The highest BCUT2D eigenvalue weighted by atomic mass is 35.5. The standard InChI is InChI=1S/C13H14ClNO2/c1-15-8-10(14)13-9(4-2-6-11(13)15)5-3-7-12(16)17/h2,4,6,8H,3,5,7H2,1H3,(H,16,17). The minimum atomic E-state index is -0.753. The second-order valence-corrected chi connectivity index (χ2v) is 4.55. The topological polar surface area (TPSA) is 42.2 Å². The molecule has 0 radical (unpaired) electrons. The molecule has 1 aromatic heterocycles. The van der Waals surface area contributed by atoms with E-state index in [-0.39, 0.29) is 6.42 Å². The lowest BCUT2D eigenvalue weighted by molar-refractivity contribution is -0.137. The van der Waals surface area contributed by atoms with Gasteiger partial charge in [0, 0.05) is 30.6 Å². The molecular formula is C13H14ClNO2. The molecule has 1 N–H and O–H groups in total. The van der Waals surface area contributed by atoms with Crippen molar-refractivity contribution in [2.45, 2.75) is 19.3 Å². The van der Waals surface area contributed by atoms with E-state index in [1.807, 2.05) is 36.0 Å². The average molecular weight is 252 g/mol. The zero-order valence-corrected chi connectivity index (χ0v) is 10.4. The van der Waals surface area contributed by atoms with Crippen molar-refractivity contribution in [1.82, 2.24) is 4.57 Å². The minimum Gasteiger partial charge on any atom is -0.481 e. The molecule has 0 saturated carbocycles. The molecule has 0 saturated heterocycles. The van der Waals surface area contributed by atoms with Gasteiger partial charge in [-0.25, -0.2) is 0 Å². The van der Waals surface area contributed by atoms with Crippen LogP contribution in [0.1, 0.15) is 18.4 Å². The Balaban J connectivity index is 2.31. The van der Waals surface area contributed by atoms with Crippen molar-refractivity contribution in [3.8, 4) is 0 Å². The maximum atomic E-state index is 10.5. The Bertz CT molecular complexity index is 560. The number of fused-ring (bicyclic) bond motifs is 1. The van der Waals surface area contributed by atoms with Crippen molar-refractivity contribution in [2.75, 3.05) is 0 Å². The number of rotatable bonds is 4. The van der Waals surface area contributed by atoms with E-state index < -0.39 is 5.97 Å². The van der Waals surface area contributed by atoms with Crippen LogP contribution in [-0.4, -0.2) is 15.6 Å². The van der Waals surface area contributed by atoms with E-state index in [1.54, 1.807) is 0 Å². The van der Waals surface area contributed by atoms with Crippen LogP contribution < -0.4 is 0 Å². The summed E-state index contributed by atoms with van der Waals surface area (Å²) >= 11 is 6.19. The molecule has 0 aliphatic heterocycles. The van der Waals surface area contributed by atoms with Gasteiger partial charge in [-0.1, -0.05) is 23.7 Å². The molecule has 0 atom stereocenters. The van der Waals surface area contributed by atoms with Gasteiger partial charge in [0.25, 0.3) is 0 Å². The third kappa shape index (κ3) is 2.44. The summed E-state index contributed by atoms with van der Waals surface area (Å²) in [5.74, 6) is -0.753. The van der Waals surface area contributed by atoms with Crippen LogP contribution >= 0.6 is 11.6 Å². The van der Waals surface area contributed by atoms with Crippen molar-refractivity contribution in [3.63, 3.8) is 0 Å². The highest BCUT2D eigenvalue weighted by Crippen LogP contribution is 2.29. The van der Waals surface area contributed by atoms with Gasteiger partial charge in [-0.3, -0.25) is 4.79 Å². The lowest BCUT2D eigenvalue weighted by atomic mass is 10.0. The van der Waals surface area contributed by atoms with Crippen LogP contribution in [-0.2, 0) is 18.3 Å². The molecule has 0 fully saturated rings. The van der Waals surface area contributed by atoms with Crippen LogP contribution in [0.25, 0.3) is 10.9 Å². The van der Waals surface area contributed by atoms with E-state index in [4.69, 9.17) is 16.7 Å². The van der Waals surface area contributed by atoms with Crippen LogP contribution in [0.5, 0.6) is 0 Å². The van der Waals surface area contributed by atoms with Gasteiger partial charge in [-0.05, 0) is 24.5 Å². The van der Waals surface area contributed by atoms with Crippen molar-refractivity contribution < 1.29 is 9.90 Å². The molecule has 2 rings (SSSR count). The minimum absolute atomic E-state index is 0.195. The number of carboxylic acid groups (broad SMARTS) is 1. The third-order valence-electron chi connectivity index (χ3n) is 2.89. The first-order valence-electron chi connectivity index (χ1n) is 5.54. The highest BCUT2D eigenvalue weighted by Gasteiger charge is 2.09. The zero-order chi connectivity index (χ0) is 12.4. The van der Waals surface area contributed by atoms with Gasteiger partial charge < -0.3 is 9.67 Å². The van der Waals surface area contributed by atoms with Gasteiger partial charge in [-0.15, -0.1) is 0 Å². The Hall–Kier alpha value is -1.48. The van der Waals surface area contributed by atoms with E-state index in [0.717, 1.165) is 27.9 Å². The first-order valence-corrected chi connectivity index (χ1v) is 5.91. The molecule has 0 aliphatic rings. The van der Waals surface area contributed by atoms with Crippen molar-refractivity contribution in [3.05, 3.63) is 35.0 Å². The number of carboxylic acids is 1. The Kier molecular flexibility index (Phi) is 3.38. The Morgan fingerprint density at radius 3 is 2.94 bits per heavy atom. The molecule has 1 heterocycles. The van der Waals surface area contributed by atoms with Crippen LogP contribution in [0, 0.1) is 0 Å². The second kappa shape index (κ2) is 4.80. The number of aromatic nitrogens is 1. The molecule has 0 bridgehead atoms. The molecule has 0 spiro atoms. The van der Waals surface area contributed by atoms with Crippen molar-refractivity contribution in [1.29, 1.82) is 0 Å². The van der Waals surface area contributed by atoms with E-state index in [1.165, 1.54) is 0 Å². The monoisotopic (exact) mass is 251 g/mol. The summed E-state index contributed by atoms with van der Waals surface area (Å²) in [5.41, 5.74) is 2.21. The first kappa shape index (κ1) is 12.0. The quantitative estimate of drug-likeness (QED) is 0.907. The summed E-state index contributed by atoms with van der Waals surface area (Å²) in [6, 6.07) is 6.01. The Labute approximate surface area is 105 Å². The summed E-state index contributed by atoms with van der Waals surface area (Å²) < 4.78 is 1.98. The van der Waals surface area contributed by atoms with Crippen LogP contribution in [0.15, 0.2) is 24.4 Å². The number of benzene rings is 1. The Morgan fingerprint density at radius 1 is 1.47 bits per heavy atom. The molecule has 4 heteroatoms. The van der Waals surface area contributed by atoms with Crippen LogP contribution in [0.2, 0.25) is 5.02 Å². The summed E-state index contributed by atoms with van der Waals surface area (Å²) in [6.45, 7) is 0. The van der Waals surface area contributed by atoms with Crippen molar-refractivity contribution >= 4 is 28.5 Å². The van der Waals surface area contributed by atoms with Gasteiger partial charge >= 0.3 is 5.97 Å². The largest absolute Gasteiger partial charge is 0.481 e. The fourth-order valence-electron chi connectivity index (χ4n) is 2.10. The fraction of sp³-hybridized carbons (Fsp3) is 0.308. The summed E-state index contributed by atoms with van der Waals surface area (Å²) in [7, 11) is 1.95. The molecule has 0 amide bonds. The molecule has 2 aromatic rings. The highest BCUT2D eigenvalue weighted by molar-refractivity contribution is 6.35. The predicted octanol–water partition coefficient (Wildman–Crippen LogP) is 3.24. The lowest BCUT2D eigenvalue weighted by Gasteiger charge is -2.03. The number of hydrogen-bond acceptors (Lipinski definition) is 1. The number of aryl methyl sites for hydroxylation is 2. The molecular weight excluding hydrogens is 238 g/mol. The van der Waals surface area contributed by atoms with E-state index in [2.05, 4.69) is 0 Å². The normalized spacial score (nSPS) is 10.9. The maximum Gasteiger partial charge on any atom is 0.303 e. The van der Waals surface area contributed by atoms with E-state index in [9.17, 15) is 4.79 Å². The first-order chi connectivity index (χ1) is 8.09. The number of halogens is 1. The van der Waals surface area contributed by atoms with Gasteiger partial charge in [0.15, 0.2) is 0 Å². The summed E-state index contributed by atoms with van der Waals surface area (Å²) in [6.07, 6.45) is 3.46. The van der Waals surface area contributed by atoms with Gasteiger partial charge in [0.2, 0.25) is 0 Å². The molecule has 0 unspecified atom stereocenters. The maximum absolute atomic E-state index is 10.5. The predicted molar refractivity (Wildman–Crippen MR) is 68.5 cm³/mol. The number of nitrogens with zero attached hydrogens (tertiary/aromatic N) is 1. The van der Waals surface area contributed by atoms with Gasteiger partial charge in [-0.2, -0.15) is 0 Å².